The molecule has 10 heteroatoms. The zero-order valence-corrected chi connectivity index (χ0v) is 13.0. The van der Waals surface area contributed by atoms with Gasteiger partial charge in [-0.25, -0.2) is 4.79 Å². The van der Waals surface area contributed by atoms with Gasteiger partial charge in [0.2, 0.25) is 0 Å². The molecule has 0 aliphatic carbocycles. The summed E-state index contributed by atoms with van der Waals surface area (Å²) >= 11 is 0. The van der Waals surface area contributed by atoms with Gasteiger partial charge in [0.1, 0.15) is 6.10 Å². The number of aliphatic hydroxyl groups excluding tert-OH is 1. The van der Waals surface area contributed by atoms with Crippen LogP contribution in [0.3, 0.4) is 0 Å². The quantitative estimate of drug-likeness (QED) is 0.690. The van der Waals surface area contributed by atoms with E-state index < -0.39 is 53.2 Å². The summed E-state index contributed by atoms with van der Waals surface area (Å²) in [5.74, 6) is -5.52. The van der Waals surface area contributed by atoms with Crippen LogP contribution in [0.2, 0.25) is 0 Å². The molecule has 7 nitrogen and oxygen atoms in total. The molecule has 3 heterocycles. The molecule has 0 amide bonds. The second-order valence-corrected chi connectivity index (χ2v) is 6.49. The van der Waals surface area contributed by atoms with Gasteiger partial charge in [0.15, 0.2) is 6.10 Å². The molecule has 26 heavy (non-hydrogen) atoms. The van der Waals surface area contributed by atoms with E-state index in [1.165, 1.54) is 0 Å². The fourth-order valence-electron chi connectivity index (χ4n) is 3.84. The highest BCUT2D eigenvalue weighted by Gasteiger charge is 2.80. The maximum Gasteiger partial charge on any atom is 0.416 e. The van der Waals surface area contributed by atoms with Gasteiger partial charge in [-0.1, -0.05) is 12.1 Å². The molecule has 1 aromatic rings. The van der Waals surface area contributed by atoms with E-state index in [0.717, 1.165) is 24.3 Å². The maximum absolute atomic E-state index is 12.8. The molecule has 140 valence electrons. The van der Waals surface area contributed by atoms with E-state index in [2.05, 4.69) is 0 Å². The van der Waals surface area contributed by atoms with Crippen LogP contribution < -0.4 is 0 Å². The van der Waals surface area contributed by atoms with Crippen LogP contribution in [0.5, 0.6) is 0 Å². The number of rotatable bonds is 1. The molecule has 3 saturated heterocycles. The Balaban J connectivity index is 1.79. The van der Waals surface area contributed by atoms with Crippen LogP contribution in [0.4, 0.5) is 13.2 Å². The summed E-state index contributed by atoms with van der Waals surface area (Å²) in [7, 11) is 0. The van der Waals surface area contributed by atoms with Crippen molar-refractivity contribution in [2.24, 2.45) is 0 Å². The van der Waals surface area contributed by atoms with Gasteiger partial charge in [0.25, 0.3) is 11.4 Å². The average molecular weight is 374 g/mol. The smallest absolute Gasteiger partial charge is 0.416 e. The fourth-order valence-corrected chi connectivity index (χ4v) is 3.84. The van der Waals surface area contributed by atoms with E-state index >= 15 is 0 Å². The molecule has 4 rings (SSSR count). The topological polar surface area (TPSA) is 102 Å². The first-order valence-electron chi connectivity index (χ1n) is 7.74. The first kappa shape index (κ1) is 17.3. The Morgan fingerprint density at radius 1 is 1.15 bits per heavy atom. The van der Waals surface area contributed by atoms with Crippen molar-refractivity contribution >= 4 is 11.9 Å². The largest absolute Gasteiger partial charge is 0.450 e. The van der Waals surface area contributed by atoms with Gasteiger partial charge in [-0.15, -0.1) is 0 Å². The zero-order chi connectivity index (χ0) is 18.9. The van der Waals surface area contributed by atoms with E-state index in [1.54, 1.807) is 0 Å². The number of carbonyl (C=O) groups excluding carboxylic acids is 2. The van der Waals surface area contributed by atoms with Crippen molar-refractivity contribution in [2.45, 2.75) is 42.1 Å². The minimum Gasteiger partial charge on any atom is -0.450 e. The van der Waals surface area contributed by atoms with Gasteiger partial charge < -0.3 is 24.4 Å². The Labute approximate surface area is 144 Å². The summed E-state index contributed by atoms with van der Waals surface area (Å²) in [6.45, 7) is -0.354. The van der Waals surface area contributed by atoms with Crippen LogP contribution in [0, 0.1) is 0 Å². The lowest BCUT2D eigenvalue weighted by Crippen LogP contribution is -2.60. The predicted octanol–water partition coefficient (Wildman–Crippen LogP) is 0.480. The van der Waals surface area contributed by atoms with E-state index in [0.29, 0.717) is 0 Å². The van der Waals surface area contributed by atoms with Gasteiger partial charge in [0, 0.05) is 0 Å². The van der Waals surface area contributed by atoms with Crippen LogP contribution in [0.1, 0.15) is 23.5 Å². The van der Waals surface area contributed by atoms with Crippen molar-refractivity contribution in [3.05, 3.63) is 35.4 Å². The normalized spacial score (nSPS) is 39.2. The van der Waals surface area contributed by atoms with Crippen LogP contribution in [0.25, 0.3) is 0 Å². The molecule has 1 aromatic carbocycles. The summed E-state index contributed by atoms with van der Waals surface area (Å²) in [6, 6.07) is 3.81. The molecule has 3 aliphatic rings. The third-order valence-electron chi connectivity index (χ3n) is 5.06. The Hall–Kier alpha value is -2.17. The van der Waals surface area contributed by atoms with Crippen molar-refractivity contribution < 1.29 is 47.2 Å². The SMILES string of the molecule is O=C1C[C@H](c2ccc(C(F)(F)F)cc2)[C@@]2(O1)C(=O)O[C@@H]1[C@@H](O)CO[C@@]12O. The number of ether oxygens (including phenoxy) is 3. The molecular formula is C16H13F3O7. The van der Waals surface area contributed by atoms with Crippen LogP contribution >= 0.6 is 0 Å². The monoisotopic (exact) mass is 374 g/mol. The molecular weight excluding hydrogens is 361 g/mol. The molecule has 5 atom stereocenters. The van der Waals surface area contributed by atoms with E-state index in [9.17, 15) is 33.0 Å². The number of alkyl halides is 3. The molecule has 0 aromatic heterocycles. The minimum atomic E-state index is -4.55. The lowest BCUT2D eigenvalue weighted by atomic mass is 9.76. The Morgan fingerprint density at radius 2 is 1.81 bits per heavy atom. The van der Waals surface area contributed by atoms with Gasteiger partial charge in [-0.2, -0.15) is 13.2 Å². The first-order chi connectivity index (χ1) is 12.1. The molecule has 1 spiro atoms. The average Bonchev–Trinajstić information content (AvgIpc) is 3.14. The van der Waals surface area contributed by atoms with E-state index in [-0.39, 0.29) is 18.6 Å². The fraction of sp³-hybridized carbons (Fsp3) is 0.500. The first-order valence-corrected chi connectivity index (χ1v) is 7.74. The molecule has 0 bridgehead atoms. The Morgan fingerprint density at radius 3 is 2.42 bits per heavy atom. The standard InChI is InChI=1S/C16H13F3O7/c17-16(18,19)8-3-1-7(2-4-8)9-5-11(21)26-14(9)13(22)25-12-10(20)6-24-15(12,14)23/h1-4,9-10,12,20,23H,5-6H2/t9-,10+,12-,14-,15+/m1/s1. The Bertz CT molecular complexity index is 777. The minimum absolute atomic E-state index is 0.167. The number of esters is 2. The highest BCUT2D eigenvalue weighted by Crippen LogP contribution is 2.56. The second kappa shape index (κ2) is 5.18. The number of halogens is 3. The van der Waals surface area contributed by atoms with Crippen LogP contribution in [-0.2, 0) is 30.0 Å². The molecule has 0 saturated carbocycles. The van der Waals surface area contributed by atoms with Gasteiger partial charge in [-0.3, -0.25) is 4.79 Å². The van der Waals surface area contributed by atoms with Crippen molar-refractivity contribution in [1.82, 2.24) is 0 Å². The number of benzene rings is 1. The van der Waals surface area contributed by atoms with Crippen LogP contribution in [0.15, 0.2) is 24.3 Å². The van der Waals surface area contributed by atoms with Gasteiger partial charge in [-0.05, 0) is 17.7 Å². The third-order valence-corrected chi connectivity index (χ3v) is 5.06. The predicted molar refractivity (Wildman–Crippen MR) is 74.4 cm³/mol. The second-order valence-electron chi connectivity index (χ2n) is 6.49. The Kier molecular flexibility index (Phi) is 3.44. The maximum atomic E-state index is 12.8. The summed E-state index contributed by atoms with van der Waals surface area (Å²) in [6.07, 6.45) is -7.70. The lowest BCUT2D eigenvalue weighted by Gasteiger charge is -2.35. The zero-order valence-electron chi connectivity index (χ0n) is 13.0. The summed E-state index contributed by atoms with van der Waals surface area (Å²) in [4.78, 5) is 24.4. The number of hydrogen-bond donors (Lipinski definition) is 2. The number of carbonyl (C=O) groups is 2. The molecule has 3 fully saturated rings. The lowest BCUT2D eigenvalue weighted by molar-refractivity contribution is -0.264. The molecule has 2 N–H and O–H groups in total. The highest BCUT2D eigenvalue weighted by atomic mass is 19.4. The summed E-state index contributed by atoms with van der Waals surface area (Å²) < 4.78 is 53.6. The van der Waals surface area contributed by atoms with E-state index in [4.69, 9.17) is 14.2 Å². The number of hydrogen-bond acceptors (Lipinski definition) is 7. The van der Waals surface area contributed by atoms with Gasteiger partial charge >= 0.3 is 18.1 Å². The molecule has 0 unspecified atom stereocenters. The van der Waals surface area contributed by atoms with E-state index in [1.807, 2.05) is 0 Å². The number of aliphatic hydroxyl groups is 2. The summed E-state index contributed by atoms with van der Waals surface area (Å²) in [5.41, 5.74) is -3.02. The third kappa shape index (κ3) is 2.06. The van der Waals surface area contributed by atoms with Crippen molar-refractivity contribution in [3.63, 3.8) is 0 Å². The summed E-state index contributed by atoms with van der Waals surface area (Å²) in [5, 5.41) is 20.7. The van der Waals surface area contributed by atoms with Crippen molar-refractivity contribution in [1.29, 1.82) is 0 Å². The van der Waals surface area contributed by atoms with Crippen LogP contribution in [-0.4, -0.2) is 52.4 Å². The van der Waals surface area contributed by atoms with Gasteiger partial charge in [0.05, 0.1) is 24.5 Å². The molecule has 3 aliphatic heterocycles. The van der Waals surface area contributed by atoms with Crippen molar-refractivity contribution in [3.8, 4) is 0 Å². The number of fused-ring (bicyclic) bond motifs is 2. The molecule has 0 radical (unpaired) electrons. The highest BCUT2D eigenvalue weighted by molar-refractivity contribution is 5.92. The van der Waals surface area contributed by atoms with Crippen molar-refractivity contribution in [2.75, 3.05) is 6.61 Å².